The van der Waals surface area contributed by atoms with Crippen molar-refractivity contribution in [3.05, 3.63) is 0 Å². The van der Waals surface area contributed by atoms with Crippen LogP contribution in [0.1, 0.15) is 46.5 Å². The maximum Gasteiger partial charge on any atom is 0.320 e. The van der Waals surface area contributed by atoms with E-state index in [0.717, 1.165) is 13.0 Å². The van der Waals surface area contributed by atoms with E-state index in [4.69, 9.17) is 5.11 Å². The molecule has 0 aromatic rings. The van der Waals surface area contributed by atoms with Gasteiger partial charge in [0.1, 0.15) is 0 Å². The number of rotatable bonds is 1. The number of urea groups is 1. The normalized spacial score (nSPS) is 35.0. The van der Waals surface area contributed by atoms with E-state index in [2.05, 4.69) is 13.8 Å². The van der Waals surface area contributed by atoms with E-state index in [1.165, 1.54) is 6.42 Å². The minimum atomic E-state index is -0.732. The molecule has 0 bridgehead atoms. The van der Waals surface area contributed by atoms with Crippen molar-refractivity contribution < 1.29 is 14.7 Å². The second-order valence-electron chi connectivity index (χ2n) is 6.57. The summed E-state index contributed by atoms with van der Waals surface area (Å²) in [6.07, 6.45) is 3.39. The van der Waals surface area contributed by atoms with Crippen molar-refractivity contribution in [2.24, 2.45) is 11.8 Å². The first-order valence-electron chi connectivity index (χ1n) is 7.70. The number of hydrogen-bond acceptors (Lipinski definition) is 2. The Balaban J connectivity index is 2.00. The van der Waals surface area contributed by atoms with E-state index in [9.17, 15) is 9.59 Å². The molecule has 2 saturated heterocycles. The van der Waals surface area contributed by atoms with Crippen LogP contribution in [-0.4, -0.2) is 52.1 Å². The van der Waals surface area contributed by atoms with Gasteiger partial charge in [0.05, 0.1) is 5.92 Å². The number of likely N-dealkylation sites (tertiary alicyclic amines) is 2. The monoisotopic (exact) mass is 282 g/mol. The molecule has 0 spiro atoms. The number of nitrogens with zero attached hydrogens (tertiary/aromatic N) is 2. The molecule has 0 aromatic heterocycles. The quantitative estimate of drug-likeness (QED) is 0.803. The van der Waals surface area contributed by atoms with Crippen LogP contribution in [-0.2, 0) is 4.79 Å². The van der Waals surface area contributed by atoms with Crippen LogP contribution in [0, 0.1) is 11.8 Å². The molecule has 5 nitrogen and oxygen atoms in total. The number of carbonyl (C=O) groups excluding carboxylic acids is 1. The SMILES string of the molecule is CC1CCC(C)N(C(=O)N2CCC(C(=O)O)CC2C)C1. The van der Waals surface area contributed by atoms with Crippen molar-refractivity contribution in [3.8, 4) is 0 Å². The number of aliphatic carboxylic acids is 1. The molecule has 4 atom stereocenters. The molecule has 2 fully saturated rings. The van der Waals surface area contributed by atoms with Gasteiger partial charge in [0.25, 0.3) is 0 Å². The second kappa shape index (κ2) is 6.02. The first kappa shape index (κ1) is 15.1. The first-order valence-corrected chi connectivity index (χ1v) is 7.70. The lowest BCUT2D eigenvalue weighted by Crippen LogP contribution is -2.55. The van der Waals surface area contributed by atoms with Crippen LogP contribution in [0.25, 0.3) is 0 Å². The molecule has 2 aliphatic rings. The Hall–Kier alpha value is -1.26. The maximum absolute atomic E-state index is 12.7. The fourth-order valence-corrected chi connectivity index (χ4v) is 3.40. The summed E-state index contributed by atoms with van der Waals surface area (Å²) < 4.78 is 0. The molecule has 2 heterocycles. The van der Waals surface area contributed by atoms with Crippen LogP contribution in [0.15, 0.2) is 0 Å². The van der Waals surface area contributed by atoms with Gasteiger partial charge in [-0.2, -0.15) is 0 Å². The Kier molecular flexibility index (Phi) is 4.55. The fraction of sp³-hybridized carbons (Fsp3) is 0.867. The molecule has 4 unspecified atom stereocenters. The van der Waals surface area contributed by atoms with Gasteiger partial charge in [0.15, 0.2) is 0 Å². The summed E-state index contributed by atoms with van der Waals surface area (Å²) in [7, 11) is 0. The van der Waals surface area contributed by atoms with Crippen LogP contribution < -0.4 is 0 Å². The molecule has 0 aromatic carbocycles. The van der Waals surface area contributed by atoms with E-state index in [-0.39, 0.29) is 18.0 Å². The molecule has 114 valence electrons. The number of amides is 2. The van der Waals surface area contributed by atoms with Gasteiger partial charge in [-0.25, -0.2) is 4.79 Å². The van der Waals surface area contributed by atoms with Gasteiger partial charge >= 0.3 is 12.0 Å². The molecule has 20 heavy (non-hydrogen) atoms. The molecule has 2 aliphatic heterocycles. The van der Waals surface area contributed by atoms with Crippen LogP contribution in [0.5, 0.6) is 0 Å². The lowest BCUT2D eigenvalue weighted by molar-refractivity contribution is -0.143. The predicted molar refractivity (Wildman–Crippen MR) is 76.5 cm³/mol. The van der Waals surface area contributed by atoms with Crippen molar-refractivity contribution in [2.45, 2.75) is 58.5 Å². The summed E-state index contributed by atoms with van der Waals surface area (Å²) >= 11 is 0. The maximum atomic E-state index is 12.7. The average Bonchev–Trinajstić information content (AvgIpc) is 2.40. The topological polar surface area (TPSA) is 60.9 Å². The highest BCUT2D eigenvalue weighted by Crippen LogP contribution is 2.27. The van der Waals surface area contributed by atoms with Crippen molar-refractivity contribution in [1.82, 2.24) is 9.80 Å². The van der Waals surface area contributed by atoms with Gasteiger partial charge in [-0.1, -0.05) is 6.92 Å². The smallest absolute Gasteiger partial charge is 0.320 e. The number of hydrogen-bond donors (Lipinski definition) is 1. The summed E-state index contributed by atoms with van der Waals surface area (Å²) in [6, 6.07) is 0.408. The fourth-order valence-electron chi connectivity index (χ4n) is 3.40. The molecule has 0 saturated carbocycles. The van der Waals surface area contributed by atoms with Crippen LogP contribution in [0.4, 0.5) is 4.79 Å². The third-order valence-corrected chi connectivity index (χ3v) is 4.83. The minimum absolute atomic E-state index is 0.0155. The average molecular weight is 282 g/mol. The lowest BCUT2D eigenvalue weighted by atomic mass is 9.91. The molecule has 1 N–H and O–H groups in total. The largest absolute Gasteiger partial charge is 0.481 e. The van der Waals surface area contributed by atoms with Crippen LogP contribution in [0.2, 0.25) is 0 Å². The highest BCUT2D eigenvalue weighted by Gasteiger charge is 2.36. The third kappa shape index (κ3) is 3.07. The summed E-state index contributed by atoms with van der Waals surface area (Å²) in [6.45, 7) is 7.65. The molecule has 0 radical (unpaired) electrons. The Bertz CT molecular complexity index is 385. The zero-order chi connectivity index (χ0) is 14.9. The molecule has 5 heteroatoms. The lowest BCUT2D eigenvalue weighted by Gasteiger charge is -2.43. The van der Waals surface area contributed by atoms with Gasteiger partial charge in [0.2, 0.25) is 0 Å². The number of carbonyl (C=O) groups is 2. The molecule has 2 amide bonds. The summed E-state index contributed by atoms with van der Waals surface area (Å²) in [4.78, 5) is 27.6. The first-order chi connectivity index (χ1) is 9.40. The number of carboxylic acids is 1. The van der Waals surface area contributed by atoms with Crippen molar-refractivity contribution >= 4 is 12.0 Å². The zero-order valence-corrected chi connectivity index (χ0v) is 12.7. The Labute approximate surface area is 120 Å². The van der Waals surface area contributed by atoms with Gasteiger partial charge < -0.3 is 14.9 Å². The van der Waals surface area contributed by atoms with Gasteiger partial charge in [-0.15, -0.1) is 0 Å². The standard InChI is InChI=1S/C15H26N2O3/c1-10-4-5-11(2)17(9-10)15(20)16-7-6-13(14(18)19)8-12(16)3/h10-13H,4-9H2,1-3H3,(H,18,19). The molecular weight excluding hydrogens is 256 g/mol. The van der Waals surface area contributed by atoms with E-state index in [1.54, 1.807) is 0 Å². The van der Waals surface area contributed by atoms with E-state index in [1.807, 2.05) is 16.7 Å². The Morgan fingerprint density at radius 3 is 2.30 bits per heavy atom. The van der Waals surface area contributed by atoms with Crippen molar-refractivity contribution in [1.29, 1.82) is 0 Å². The zero-order valence-electron chi connectivity index (χ0n) is 12.7. The summed E-state index contributed by atoms with van der Waals surface area (Å²) in [5.74, 6) is -0.474. The summed E-state index contributed by atoms with van der Waals surface area (Å²) in [5, 5.41) is 9.09. The minimum Gasteiger partial charge on any atom is -0.481 e. The molecular formula is C15H26N2O3. The van der Waals surface area contributed by atoms with Gasteiger partial charge in [-0.3, -0.25) is 4.79 Å². The van der Waals surface area contributed by atoms with E-state index < -0.39 is 5.97 Å². The molecule has 2 rings (SSSR count). The van der Waals surface area contributed by atoms with Crippen LogP contribution >= 0.6 is 0 Å². The highest BCUT2D eigenvalue weighted by molar-refractivity contribution is 5.76. The van der Waals surface area contributed by atoms with Gasteiger partial charge in [0, 0.05) is 25.2 Å². The van der Waals surface area contributed by atoms with Crippen molar-refractivity contribution in [3.63, 3.8) is 0 Å². The highest BCUT2D eigenvalue weighted by atomic mass is 16.4. The van der Waals surface area contributed by atoms with Crippen LogP contribution in [0.3, 0.4) is 0 Å². The second-order valence-corrected chi connectivity index (χ2v) is 6.57. The Morgan fingerprint density at radius 2 is 1.70 bits per heavy atom. The number of piperidine rings is 2. The van der Waals surface area contributed by atoms with E-state index >= 15 is 0 Å². The van der Waals surface area contributed by atoms with Gasteiger partial charge in [-0.05, 0) is 45.4 Å². The number of carboxylic acid groups (broad SMARTS) is 1. The third-order valence-electron chi connectivity index (χ3n) is 4.83. The Morgan fingerprint density at radius 1 is 1.00 bits per heavy atom. The van der Waals surface area contributed by atoms with Crippen molar-refractivity contribution in [2.75, 3.05) is 13.1 Å². The summed E-state index contributed by atoms with van der Waals surface area (Å²) in [5.41, 5.74) is 0. The molecule has 0 aliphatic carbocycles. The van der Waals surface area contributed by atoms with E-state index in [0.29, 0.717) is 31.3 Å². The predicted octanol–water partition coefficient (Wildman–Crippen LogP) is 2.41.